The third-order valence-electron chi connectivity index (χ3n) is 3.68. The lowest BCUT2D eigenvalue weighted by atomic mass is 10.1. The number of imidazole rings is 1. The zero-order chi connectivity index (χ0) is 15.0. The molecule has 0 aliphatic heterocycles. The Morgan fingerprint density at radius 2 is 1.81 bits per heavy atom. The molecule has 4 heteroatoms. The molecule has 0 N–H and O–H groups in total. The smallest absolute Gasteiger partial charge is 0.234 e. The molecule has 0 saturated carbocycles. The Morgan fingerprint density at radius 1 is 1.00 bits per heavy atom. The van der Waals surface area contributed by atoms with E-state index in [-0.39, 0.29) is 0 Å². The Bertz CT molecular complexity index is 805. The summed E-state index contributed by atoms with van der Waals surface area (Å²) in [6, 6.07) is 8.67. The third kappa shape index (κ3) is 2.95. The molecule has 0 aliphatic rings. The predicted octanol–water partition coefficient (Wildman–Crippen LogP) is 4.26. The largest absolute Gasteiger partial charge is 0.288 e. The van der Waals surface area contributed by atoms with Gasteiger partial charge < -0.3 is 0 Å². The van der Waals surface area contributed by atoms with Gasteiger partial charge in [0, 0.05) is 28.2 Å². The molecule has 108 valence electrons. The van der Waals surface area contributed by atoms with Crippen LogP contribution in [0.1, 0.15) is 28.2 Å². The van der Waals surface area contributed by atoms with Crippen LogP contribution in [0.15, 0.2) is 35.4 Å². The molecule has 0 aliphatic carbocycles. The van der Waals surface area contributed by atoms with Crippen LogP contribution in [0.4, 0.5) is 0 Å². The molecule has 0 atom stereocenters. The van der Waals surface area contributed by atoms with Gasteiger partial charge in [-0.05, 0) is 57.0 Å². The van der Waals surface area contributed by atoms with E-state index in [0.29, 0.717) is 0 Å². The normalized spacial score (nSPS) is 11.2. The van der Waals surface area contributed by atoms with Crippen molar-refractivity contribution in [2.75, 3.05) is 0 Å². The van der Waals surface area contributed by atoms with Gasteiger partial charge in [-0.25, -0.2) is 9.97 Å². The van der Waals surface area contributed by atoms with Crippen LogP contribution in [0.2, 0.25) is 0 Å². The number of benzene rings is 1. The van der Waals surface area contributed by atoms with Crippen molar-refractivity contribution in [2.24, 2.45) is 0 Å². The van der Waals surface area contributed by atoms with E-state index in [1.165, 1.54) is 21.7 Å². The molecule has 2 aromatic heterocycles. The van der Waals surface area contributed by atoms with Crippen molar-refractivity contribution in [3.05, 3.63) is 58.7 Å². The molecular weight excluding hydrogens is 278 g/mol. The fourth-order valence-electron chi connectivity index (χ4n) is 2.35. The van der Waals surface area contributed by atoms with Crippen molar-refractivity contribution in [1.29, 1.82) is 0 Å². The number of fused-ring (bicyclic) bond motifs is 1. The van der Waals surface area contributed by atoms with E-state index >= 15 is 0 Å². The molecule has 0 saturated heterocycles. The van der Waals surface area contributed by atoms with Gasteiger partial charge in [0.2, 0.25) is 5.78 Å². The summed E-state index contributed by atoms with van der Waals surface area (Å²) in [4.78, 5) is 10.4. The summed E-state index contributed by atoms with van der Waals surface area (Å²) >= 11 is 1.82. The van der Waals surface area contributed by atoms with Crippen LogP contribution in [-0.2, 0) is 5.75 Å². The Labute approximate surface area is 129 Å². The first-order valence-corrected chi connectivity index (χ1v) is 8.04. The minimum atomic E-state index is 0.795. The lowest BCUT2D eigenvalue weighted by Gasteiger charge is -2.03. The summed E-state index contributed by atoms with van der Waals surface area (Å²) in [5.41, 5.74) is 5.93. The quantitative estimate of drug-likeness (QED) is 0.677. The predicted molar refractivity (Wildman–Crippen MR) is 87.9 cm³/mol. The fourth-order valence-corrected chi connectivity index (χ4v) is 3.23. The number of thioether (sulfide) groups is 1. The topological polar surface area (TPSA) is 30.2 Å². The molecule has 21 heavy (non-hydrogen) atoms. The van der Waals surface area contributed by atoms with Crippen molar-refractivity contribution < 1.29 is 0 Å². The highest BCUT2D eigenvalue weighted by atomic mass is 32.2. The fraction of sp³-hybridized carbons (Fsp3) is 0.294. The number of aromatic nitrogens is 3. The number of aryl methyl sites for hydroxylation is 4. The van der Waals surface area contributed by atoms with E-state index in [1.807, 2.05) is 18.7 Å². The molecule has 0 fully saturated rings. The maximum Gasteiger partial charge on any atom is 0.234 e. The van der Waals surface area contributed by atoms with Gasteiger partial charge in [-0.3, -0.25) is 4.40 Å². The van der Waals surface area contributed by atoms with E-state index in [1.54, 1.807) is 0 Å². The molecular formula is C17H19N3S. The van der Waals surface area contributed by atoms with E-state index in [0.717, 1.165) is 22.9 Å². The van der Waals surface area contributed by atoms with Crippen LogP contribution in [0.5, 0.6) is 0 Å². The molecule has 3 rings (SSSR count). The summed E-state index contributed by atoms with van der Waals surface area (Å²) in [7, 11) is 0. The minimum Gasteiger partial charge on any atom is -0.288 e. The molecule has 1 aromatic carbocycles. The van der Waals surface area contributed by atoms with Crippen LogP contribution in [-0.4, -0.2) is 14.4 Å². The van der Waals surface area contributed by atoms with Crippen molar-refractivity contribution in [3.63, 3.8) is 0 Å². The van der Waals surface area contributed by atoms with E-state index in [9.17, 15) is 0 Å². The highest BCUT2D eigenvalue weighted by molar-refractivity contribution is 7.98. The van der Waals surface area contributed by atoms with Crippen LogP contribution in [0, 0.1) is 27.7 Å². The van der Waals surface area contributed by atoms with Crippen molar-refractivity contribution in [3.8, 4) is 0 Å². The first-order valence-electron chi connectivity index (χ1n) is 7.05. The Balaban J connectivity index is 1.82. The highest BCUT2D eigenvalue weighted by Crippen LogP contribution is 2.24. The second-order valence-electron chi connectivity index (χ2n) is 5.48. The van der Waals surface area contributed by atoms with Gasteiger partial charge in [0.1, 0.15) is 0 Å². The summed E-state index contributed by atoms with van der Waals surface area (Å²) in [6.45, 7) is 8.39. The summed E-state index contributed by atoms with van der Waals surface area (Å²) in [5, 5.41) is 0. The minimum absolute atomic E-state index is 0.795. The first-order chi connectivity index (χ1) is 10.0. The van der Waals surface area contributed by atoms with Crippen LogP contribution >= 0.6 is 11.8 Å². The molecule has 0 amide bonds. The molecule has 0 radical (unpaired) electrons. The van der Waals surface area contributed by atoms with Crippen LogP contribution in [0.25, 0.3) is 5.78 Å². The zero-order valence-electron chi connectivity index (χ0n) is 12.8. The summed E-state index contributed by atoms with van der Waals surface area (Å²) in [6.07, 6.45) is 2.09. The Hall–Kier alpha value is -1.81. The Morgan fingerprint density at radius 3 is 2.57 bits per heavy atom. The standard InChI is InChI=1S/C17H19N3S/c1-11-5-6-16(7-12(11)2)21-10-15-9-20-14(4)8-13(3)18-17(20)19-15/h5-9H,10H2,1-4H3. The van der Waals surface area contributed by atoms with Gasteiger partial charge >= 0.3 is 0 Å². The second-order valence-corrected chi connectivity index (χ2v) is 6.52. The van der Waals surface area contributed by atoms with Gasteiger partial charge in [0.15, 0.2) is 0 Å². The van der Waals surface area contributed by atoms with Gasteiger partial charge in [-0.1, -0.05) is 6.07 Å². The summed E-state index contributed by atoms with van der Waals surface area (Å²) in [5.74, 6) is 1.66. The third-order valence-corrected chi connectivity index (χ3v) is 4.70. The molecule has 2 heterocycles. The maximum absolute atomic E-state index is 4.62. The maximum atomic E-state index is 4.62. The first kappa shape index (κ1) is 14.1. The number of rotatable bonds is 3. The van der Waals surface area contributed by atoms with Gasteiger partial charge in [0.05, 0.1) is 5.69 Å². The lowest BCUT2D eigenvalue weighted by Crippen LogP contribution is -1.94. The van der Waals surface area contributed by atoms with E-state index in [4.69, 9.17) is 0 Å². The molecule has 3 nitrogen and oxygen atoms in total. The molecule has 0 unspecified atom stereocenters. The average Bonchev–Trinajstić information content (AvgIpc) is 2.83. The average molecular weight is 297 g/mol. The van der Waals surface area contributed by atoms with E-state index < -0.39 is 0 Å². The molecule has 0 bridgehead atoms. The lowest BCUT2D eigenvalue weighted by molar-refractivity contribution is 1.01. The zero-order valence-corrected chi connectivity index (χ0v) is 13.7. The highest BCUT2D eigenvalue weighted by Gasteiger charge is 2.06. The number of nitrogens with zero attached hydrogens (tertiary/aromatic N) is 3. The Kier molecular flexibility index (Phi) is 3.72. The van der Waals surface area contributed by atoms with Crippen molar-refractivity contribution in [2.45, 2.75) is 38.3 Å². The number of hydrogen-bond donors (Lipinski definition) is 0. The molecule has 0 spiro atoms. The van der Waals surface area contributed by atoms with Crippen LogP contribution < -0.4 is 0 Å². The van der Waals surface area contributed by atoms with Crippen molar-refractivity contribution >= 4 is 17.5 Å². The van der Waals surface area contributed by atoms with Crippen LogP contribution in [0.3, 0.4) is 0 Å². The monoisotopic (exact) mass is 297 g/mol. The van der Waals surface area contributed by atoms with Gasteiger partial charge in [-0.15, -0.1) is 11.8 Å². The van der Waals surface area contributed by atoms with E-state index in [2.05, 4.69) is 65.6 Å². The summed E-state index contributed by atoms with van der Waals surface area (Å²) < 4.78 is 2.06. The SMILES string of the molecule is Cc1cc(C)n2cc(CSc3ccc(C)c(C)c3)nc2n1. The van der Waals surface area contributed by atoms with Crippen molar-refractivity contribution in [1.82, 2.24) is 14.4 Å². The van der Waals surface area contributed by atoms with Gasteiger partial charge in [0.25, 0.3) is 0 Å². The number of hydrogen-bond acceptors (Lipinski definition) is 3. The second kappa shape index (κ2) is 5.53. The van der Waals surface area contributed by atoms with Gasteiger partial charge in [-0.2, -0.15) is 0 Å². The molecule has 3 aromatic rings.